The first kappa shape index (κ1) is 15.7. The summed E-state index contributed by atoms with van der Waals surface area (Å²) in [6.45, 7) is 5.29. The molecule has 0 saturated carbocycles. The first-order valence-corrected chi connectivity index (χ1v) is 7.71. The fourth-order valence-electron chi connectivity index (χ4n) is 2.69. The van der Waals surface area contributed by atoms with Gasteiger partial charge in [0, 0.05) is 43.3 Å². The summed E-state index contributed by atoms with van der Waals surface area (Å²) < 4.78 is 1.94. The van der Waals surface area contributed by atoms with Crippen molar-refractivity contribution in [3.05, 3.63) is 47.5 Å². The minimum absolute atomic E-state index is 0.415. The second-order valence-electron chi connectivity index (χ2n) is 5.74. The highest BCUT2D eigenvalue weighted by atomic mass is 15.3. The van der Waals surface area contributed by atoms with Crippen LogP contribution in [-0.2, 0) is 13.6 Å². The van der Waals surface area contributed by atoms with Crippen molar-refractivity contribution in [2.45, 2.75) is 45.7 Å². The van der Waals surface area contributed by atoms with Crippen LogP contribution in [0.5, 0.6) is 0 Å². The molecule has 4 nitrogen and oxygen atoms in total. The van der Waals surface area contributed by atoms with Crippen LogP contribution < -0.4 is 0 Å². The number of rotatable bonds is 7. The fourth-order valence-corrected chi connectivity index (χ4v) is 2.69. The Morgan fingerprint density at radius 2 is 2.14 bits per heavy atom. The van der Waals surface area contributed by atoms with E-state index in [1.807, 2.05) is 36.4 Å². The zero-order valence-electron chi connectivity index (χ0n) is 13.6. The highest BCUT2D eigenvalue weighted by Crippen LogP contribution is 2.26. The molecule has 2 rings (SSSR count). The van der Waals surface area contributed by atoms with E-state index in [0.29, 0.717) is 6.04 Å². The van der Waals surface area contributed by atoms with Crippen molar-refractivity contribution < 1.29 is 0 Å². The summed E-state index contributed by atoms with van der Waals surface area (Å²) in [5.74, 6) is 0. The number of pyridine rings is 1. The van der Waals surface area contributed by atoms with Gasteiger partial charge >= 0.3 is 0 Å². The average Bonchev–Trinajstić information content (AvgIpc) is 2.81. The molecule has 0 fully saturated rings. The summed E-state index contributed by atoms with van der Waals surface area (Å²) in [4.78, 5) is 6.70. The molecular weight excluding hydrogens is 260 g/mol. The van der Waals surface area contributed by atoms with Crippen molar-refractivity contribution in [1.29, 1.82) is 0 Å². The van der Waals surface area contributed by atoms with Gasteiger partial charge in [0.2, 0.25) is 0 Å². The van der Waals surface area contributed by atoms with Gasteiger partial charge in [-0.2, -0.15) is 5.10 Å². The Kier molecular flexibility index (Phi) is 5.51. The molecule has 1 unspecified atom stereocenters. The van der Waals surface area contributed by atoms with Crippen LogP contribution in [0.1, 0.15) is 49.0 Å². The lowest BCUT2D eigenvalue weighted by molar-refractivity contribution is 0.220. The van der Waals surface area contributed by atoms with Crippen molar-refractivity contribution in [1.82, 2.24) is 19.7 Å². The van der Waals surface area contributed by atoms with E-state index in [1.165, 1.54) is 29.7 Å². The van der Waals surface area contributed by atoms with Gasteiger partial charge < -0.3 is 0 Å². The number of aryl methyl sites for hydroxylation is 1. The maximum Gasteiger partial charge on any atom is 0.0537 e. The van der Waals surface area contributed by atoms with E-state index in [1.54, 1.807) is 0 Å². The molecule has 2 aromatic heterocycles. The van der Waals surface area contributed by atoms with Gasteiger partial charge in [-0.05, 0) is 32.0 Å². The van der Waals surface area contributed by atoms with Crippen LogP contribution in [0, 0.1) is 6.92 Å². The van der Waals surface area contributed by atoms with E-state index in [4.69, 9.17) is 0 Å². The van der Waals surface area contributed by atoms with Crippen LogP contribution in [0.2, 0.25) is 0 Å². The number of unbranched alkanes of at least 4 members (excludes halogenated alkanes) is 1. The van der Waals surface area contributed by atoms with Gasteiger partial charge in [-0.3, -0.25) is 14.6 Å². The summed E-state index contributed by atoms with van der Waals surface area (Å²) in [7, 11) is 4.19. The molecule has 0 amide bonds. The topological polar surface area (TPSA) is 34.0 Å². The number of hydrogen-bond donors (Lipinski definition) is 0. The highest BCUT2D eigenvalue weighted by Gasteiger charge is 2.18. The SMILES string of the molecule is CCCCC(c1cccnc1)N(C)Cc1cnn(C)c1C. The molecule has 2 heterocycles. The van der Waals surface area contributed by atoms with E-state index < -0.39 is 0 Å². The Morgan fingerprint density at radius 1 is 1.33 bits per heavy atom. The van der Waals surface area contributed by atoms with Gasteiger partial charge in [0.15, 0.2) is 0 Å². The third-order valence-corrected chi connectivity index (χ3v) is 4.19. The highest BCUT2D eigenvalue weighted by molar-refractivity contribution is 5.18. The van der Waals surface area contributed by atoms with E-state index in [2.05, 4.69) is 41.9 Å². The Labute approximate surface area is 127 Å². The molecule has 0 bridgehead atoms. The van der Waals surface area contributed by atoms with Crippen LogP contribution in [0.4, 0.5) is 0 Å². The minimum atomic E-state index is 0.415. The van der Waals surface area contributed by atoms with Crippen LogP contribution in [0.15, 0.2) is 30.7 Å². The summed E-state index contributed by atoms with van der Waals surface area (Å²) in [5.41, 5.74) is 3.84. The number of hydrogen-bond acceptors (Lipinski definition) is 3. The molecular formula is C17H26N4. The van der Waals surface area contributed by atoms with Crippen LogP contribution in [0.25, 0.3) is 0 Å². The minimum Gasteiger partial charge on any atom is -0.295 e. The molecule has 21 heavy (non-hydrogen) atoms. The molecule has 4 heteroatoms. The molecule has 2 aromatic rings. The maximum atomic E-state index is 4.34. The van der Waals surface area contributed by atoms with Crippen molar-refractivity contribution >= 4 is 0 Å². The smallest absolute Gasteiger partial charge is 0.0537 e. The number of aromatic nitrogens is 3. The first-order valence-electron chi connectivity index (χ1n) is 7.71. The predicted molar refractivity (Wildman–Crippen MR) is 85.9 cm³/mol. The quantitative estimate of drug-likeness (QED) is 0.781. The monoisotopic (exact) mass is 286 g/mol. The zero-order valence-corrected chi connectivity index (χ0v) is 13.6. The Balaban J connectivity index is 2.14. The summed E-state index contributed by atoms with van der Waals surface area (Å²) in [6, 6.07) is 4.62. The van der Waals surface area contributed by atoms with Crippen molar-refractivity contribution in [3.8, 4) is 0 Å². The molecule has 0 radical (unpaired) electrons. The second-order valence-corrected chi connectivity index (χ2v) is 5.74. The van der Waals surface area contributed by atoms with E-state index in [-0.39, 0.29) is 0 Å². The molecule has 0 aliphatic rings. The van der Waals surface area contributed by atoms with Gasteiger partial charge in [0.25, 0.3) is 0 Å². The molecule has 0 saturated heterocycles. The molecule has 0 aliphatic carbocycles. The van der Waals surface area contributed by atoms with Gasteiger partial charge in [0.05, 0.1) is 6.20 Å². The largest absolute Gasteiger partial charge is 0.295 e. The molecule has 0 N–H and O–H groups in total. The molecule has 114 valence electrons. The van der Waals surface area contributed by atoms with E-state index >= 15 is 0 Å². The van der Waals surface area contributed by atoms with Crippen LogP contribution in [0.3, 0.4) is 0 Å². The van der Waals surface area contributed by atoms with Crippen LogP contribution in [-0.4, -0.2) is 26.7 Å². The van der Waals surface area contributed by atoms with E-state index in [0.717, 1.165) is 13.0 Å². The molecule has 0 aliphatic heterocycles. The van der Waals surface area contributed by atoms with Gasteiger partial charge in [-0.1, -0.05) is 25.8 Å². The molecule has 0 spiro atoms. The molecule has 1 atom stereocenters. The lowest BCUT2D eigenvalue weighted by Gasteiger charge is -2.28. The zero-order chi connectivity index (χ0) is 15.2. The fraction of sp³-hybridized carbons (Fsp3) is 0.529. The standard InChI is InChI=1S/C17H26N4/c1-5-6-9-17(15-8-7-10-18-11-15)20(3)13-16-12-19-21(4)14(16)2/h7-8,10-12,17H,5-6,9,13H2,1-4H3. The average molecular weight is 286 g/mol. The maximum absolute atomic E-state index is 4.34. The van der Waals surface area contributed by atoms with Crippen molar-refractivity contribution in [3.63, 3.8) is 0 Å². The van der Waals surface area contributed by atoms with Gasteiger partial charge in [-0.15, -0.1) is 0 Å². The predicted octanol–water partition coefficient (Wildman–Crippen LogP) is 3.49. The van der Waals surface area contributed by atoms with Gasteiger partial charge in [-0.25, -0.2) is 0 Å². The third-order valence-electron chi connectivity index (χ3n) is 4.19. The van der Waals surface area contributed by atoms with Crippen molar-refractivity contribution in [2.24, 2.45) is 7.05 Å². The third kappa shape index (κ3) is 3.91. The lowest BCUT2D eigenvalue weighted by atomic mass is 10.0. The lowest BCUT2D eigenvalue weighted by Crippen LogP contribution is -2.24. The Morgan fingerprint density at radius 3 is 2.71 bits per heavy atom. The summed E-state index contributed by atoms with van der Waals surface area (Å²) >= 11 is 0. The summed E-state index contributed by atoms with van der Waals surface area (Å²) in [5, 5.41) is 4.34. The number of nitrogens with zero attached hydrogens (tertiary/aromatic N) is 4. The van der Waals surface area contributed by atoms with Gasteiger partial charge in [0.1, 0.15) is 0 Å². The Hall–Kier alpha value is -1.68. The second kappa shape index (κ2) is 7.36. The normalized spacial score (nSPS) is 12.8. The molecule has 0 aromatic carbocycles. The van der Waals surface area contributed by atoms with Crippen molar-refractivity contribution in [2.75, 3.05) is 7.05 Å². The summed E-state index contributed by atoms with van der Waals surface area (Å²) in [6.07, 6.45) is 9.43. The van der Waals surface area contributed by atoms with E-state index in [9.17, 15) is 0 Å². The first-order chi connectivity index (χ1) is 10.1. The van der Waals surface area contributed by atoms with Crippen LogP contribution >= 0.6 is 0 Å². The Bertz CT molecular complexity index is 547.